The Hall–Kier alpha value is -1.96. The number of hydrogen-bond donors (Lipinski definition) is 1. The molecule has 0 saturated carbocycles. The summed E-state index contributed by atoms with van der Waals surface area (Å²) in [6.07, 6.45) is 1.74. The van der Waals surface area contributed by atoms with Crippen LogP contribution >= 0.6 is 0 Å². The van der Waals surface area contributed by atoms with E-state index in [2.05, 4.69) is 14.9 Å². The van der Waals surface area contributed by atoms with Crippen LogP contribution in [0.25, 0.3) is 11.1 Å². The summed E-state index contributed by atoms with van der Waals surface area (Å²) in [4.78, 5) is 16.3. The van der Waals surface area contributed by atoms with Crippen molar-refractivity contribution in [3.8, 4) is 0 Å². The van der Waals surface area contributed by atoms with Gasteiger partial charge < -0.3 is 4.52 Å². The van der Waals surface area contributed by atoms with Crippen LogP contribution in [0.5, 0.6) is 0 Å². The number of hydrogen-bond acceptors (Lipinski definition) is 6. The molecule has 0 aliphatic heterocycles. The highest BCUT2D eigenvalue weighted by Crippen LogP contribution is 2.24. The first-order valence-corrected chi connectivity index (χ1v) is 9.44. The smallest absolute Gasteiger partial charge is 0.266 e. The Balaban J connectivity index is 2.20. The lowest BCUT2D eigenvalue weighted by atomic mass is 9.94. The lowest BCUT2D eigenvalue weighted by Gasteiger charge is -2.17. The van der Waals surface area contributed by atoms with E-state index in [4.69, 9.17) is 4.52 Å². The second kappa shape index (κ2) is 6.51. The van der Waals surface area contributed by atoms with Crippen LogP contribution in [0.1, 0.15) is 63.0 Å². The molecule has 8 heteroatoms. The van der Waals surface area contributed by atoms with Gasteiger partial charge in [-0.15, -0.1) is 0 Å². The Bertz CT molecular complexity index is 848. The van der Waals surface area contributed by atoms with Gasteiger partial charge in [-0.05, 0) is 23.8 Å². The fourth-order valence-electron chi connectivity index (χ4n) is 2.08. The minimum atomic E-state index is -3.69. The van der Waals surface area contributed by atoms with Crippen LogP contribution in [0.2, 0.25) is 0 Å². The summed E-state index contributed by atoms with van der Waals surface area (Å²) in [5.41, 5.74) is 1.04. The van der Waals surface area contributed by atoms with Gasteiger partial charge in [0.05, 0.1) is 22.4 Å². The number of carbonyl (C=O) groups excluding carboxylic acids is 1. The third kappa shape index (κ3) is 4.53. The van der Waals surface area contributed by atoms with Crippen LogP contribution in [-0.4, -0.2) is 30.2 Å². The second-order valence-corrected chi connectivity index (χ2v) is 9.20. The molecular formula is C16H23N3O4S. The number of nitrogens with one attached hydrogen (secondary N) is 1. The SMILES string of the molecule is CC(C)c1noc2ncc(C(=O)NS(=O)(=O)CCC(C)(C)C)cc12. The molecule has 2 rings (SSSR count). The first-order valence-electron chi connectivity index (χ1n) is 7.79. The van der Waals surface area contributed by atoms with Crippen molar-refractivity contribution in [2.45, 2.75) is 47.0 Å². The van der Waals surface area contributed by atoms with Gasteiger partial charge in [-0.2, -0.15) is 0 Å². The lowest BCUT2D eigenvalue weighted by Crippen LogP contribution is -2.33. The van der Waals surface area contributed by atoms with Gasteiger partial charge in [-0.1, -0.05) is 39.8 Å². The Morgan fingerprint density at radius 3 is 2.58 bits per heavy atom. The molecule has 1 N–H and O–H groups in total. The van der Waals surface area contributed by atoms with Gasteiger partial charge in [-0.25, -0.2) is 18.1 Å². The van der Waals surface area contributed by atoms with Crippen molar-refractivity contribution < 1.29 is 17.7 Å². The van der Waals surface area contributed by atoms with Gasteiger partial charge in [0, 0.05) is 6.20 Å². The van der Waals surface area contributed by atoms with Crippen molar-refractivity contribution >= 4 is 27.0 Å². The van der Waals surface area contributed by atoms with E-state index in [1.54, 1.807) is 6.07 Å². The normalized spacial score (nSPS) is 12.8. The van der Waals surface area contributed by atoms with Crippen LogP contribution in [0.15, 0.2) is 16.8 Å². The summed E-state index contributed by atoms with van der Waals surface area (Å²) in [6.45, 7) is 9.73. The lowest BCUT2D eigenvalue weighted by molar-refractivity contribution is 0.0981. The molecule has 0 saturated heterocycles. The van der Waals surface area contributed by atoms with Gasteiger partial charge in [0.2, 0.25) is 10.0 Å². The Morgan fingerprint density at radius 1 is 1.33 bits per heavy atom. The van der Waals surface area contributed by atoms with E-state index in [1.165, 1.54) is 6.20 Å². The summed E-state index contributed by atoms with van der Waals surface area (Å²) in [5.74, 6) is -0.710. The minimum Gasteiger partial charge on any atom is -0.336 e. The van der Waals surface area contributed by atoms with Crippen molar-refractivity contribution in [1.82, 2.24) is 14.9 Å². The van der Waals surface area contributed by atoms with Crippen molar-refractivity contribution in [3.63, 3.8) is 0 Å². The fourth-order valence-corrected chi connectivity index (χ4v) is 3.47. The number of amides is 1. The number of aromatic nitrogens is 2. The third-order valence-corrected chi connectivity index (χ3v) is 4.77. The average Bonchev–Trinajstić information content (AvgIpc) is 2.87. The second-order valence-electron chi connectivity index (χ2n) is 7.36. The quantitative estimate of drug-likeness (QED) is 0.887. The van der Waals surface area contributed by atoms with Gasteiger partial charge in [-0.3, -0.25) is 4.79 Å². The first kappa shape index (κ1) is 18.4. The zero-order valence-corrected chi connectivity index (χ0v) is 15.4. The van der Waals surface area contributed by atoms with Crippen molar-refractivity contribution in [2.24, 2.45) is 5.41 Å². The maximum Gasteiger partial charge on any atom is 0.266 e. The molecule has 7 nitrogen and oxygen atoms in total. The van der Waals surface area contributed by atoms with E-state index in [1.807, 2.05) is 34.6 Å². The summed E-state index contributed by atoms with van der Waals surface area (Å²) in [6, 6.07) is 1.56. The highest BCUT2D eigenvalue weighted by Gasteiger charge is 2.21. The van der Waals surface area contributed by atoms with Gasteiger partial charge >= 0.3 is 0 Å². The molecule has 0 aliphatic carbocycles. The standard InChI is InChI=1S/C16H23N3O4S/c1-10(2)13-12-8-11(9-17-15(12)23-18-13)14(20)19-24(21,22)7-6-16(3,4)5/h8-10H,6-7H2,1-5H3,(H,19,20). The van der Waals surface area contributed by atoms with E-state index >= 15 is 0 Å². The molecule has 0 radical (unpaired) electrons. The average molecular weight is 353 g/mol. The van der Waals surface area contributed by atoms with E-state index in [0.29, 0.717) is 23.2 Å². The predicted octanol–water partition coefficient (Wildman–Crippen LogP) is 2.84. The summed E-state index contributed by atoms with van der Waals surface area (Å²) in [5, 5.41) is 4.55. The van der Waals surface area contributed by atoms with Crippen LogP contribution in [-0.2, 0) is 10.0 Å². The zero-order chi connectivity index (χ0) is 18.1. The van der Waals surface area contributed by atoms with E-state index < -0.39 is 15.9 Å². The predicted molar refractivity (Wildman–Crippen MR) is 91.2 cm³/mol. The Labute approximate surface area is 141 Å². The van der Waals surface area contributed by atoms with E-state index in [-0.39, 0.29) is 22.6 Å². The van der Waals surface area contributed by atoms with Crippen molar-refractivity contribution in [1.29, 1.82) is 0 Å². The number of pyridine rings is 1. The summed E-state index contributed by atoms with van der Waals surface area (Å²) < 4.78 is 31.3. The highest BCUT2D eigenvalue weighted by molar-refractivity contribution is 7.90. The molecule has 0 spiro atoms. The molecule has 24 heavy (non-hydrogen) atoms. The Kier molecular flexibility index (Phi) is 4.98. The number of fused-ring (bicyclic) bond motifs is 1. The number of nitrogens with zero attached hydrogens (tertiary/aromatic N) is 2. The van der Waals surface area contributed by atoms with Crippen molar-refractivity contribution in [2.75, 3.05) is 5.75 Å². The molecule has 0 bridgehead atoms. The van der Waals surface area contributed by atoms with Gasteiger partial charge in [0.25, 0.3) is 11.6 Å². The number of rotatable bonds is 5. The maximum absolute atomic E-state index is 12.3. The van der Waals surface area contributed by atoms with E-state index in [0.717, 1.165) is 0 Å². The van der Waals surface area contributed by atoms with E-state index in [9.17, 15) is 13.2 Å². The molecule has 0 fully saturated rings. The molecule has 2 aromatic heterocycles. The molecule has 2 heterocycles. The molecule has 0 unspecified atom stereocenters. The van der Waals surface area contributed by atoms with Crippen molar-refractivity contribution in [3.05, 3.63) is 23.5 Å². The van der Waals surface area contributed by atoms with Crippen LogP contribution in [0, 0.1) is 5.41 Å². The number of carbonyl (C=O) groups is 1. The summed E-state index contributed by atoms with van der Waals surface area (Å²) >= 11 is 0. The summed E-state index contributed by atoms with van der Waals surface area (Å²) in [7, 11) is -3.69. The molecule has 0 aromatic carbocycles. The Morgan fingerprint density at radius 2 is 2.00 bits per heavy atom. The molecule has 0 atom stereocenters. The molecule has 132 valence electrons. The number of sulfonamides is 1. The largest absolute Gasteiger partial charge is 0.336 e. The van der Waals surface area contributed by atoms with Crippen LogP contribution in [0.4, 0.5) is 0 Å². The molecule has 0 aliphatic rings. The third-order valence-electron chi connectivity index (χ3n) is 3.54. The zero-order valence-electron chi connectivity index (χ0n) is 14.6. The molecule has 1 amide bonds. The van der Waals surface area contributed by atoms with Gasteiger partial charge in [0.15, 0.2) is 0 Å². The topological polar surface area (TPSA) is 102 Å². The monoisotopic (exact) mass is 353 g/mol. The van der Waals surface area contributed by atoms with Crippen LogP contribution in [0.3, 0.4) is 0 Å². The first-order chi connectivity index (χ1) is 11.0. The fraction of sp³-hybridized carbons (Fsp3) is 0.562. The highest BCUT2D eigenvalue weighted by atomic mass is 32.2. The molecule has 2 aromatic rings. The van der Waals surface area contributed by atoms with Crippen LogP contribution < -0.4 is 4.72 Å². The molecular weight excluding hydrogens is 330 g/mol. The minimum absolute atomic E-state index is 0.0990. The van der Waals surface area contributed by atoms with Gasteiger partial charge in [0.1, 0.15) is 0 Å². The maximum atomic E-state index is 12.3.